The summed E-state index contributed by atoms with van der Waals surface area (Å²) in [6.45, 7) is 0.688. The first-order chi connectivity index (χ1) is 3.39. The molecule has 0 amide bonds. The van der Waals surface area contributed by atoms with E-state index in [0.717, 1.165) is 0 Å². The first kappa shape index (κ1) is 4.46. The lowest BCUT2D eigenvalue weighted by Gasteiger charge is -1.99. The van der Waals surface area contributed by atoms with E-state index in [0.29, 0.717) is 6.54 Å². The van der Waals surface area contributed by atoms with Gasteiger partial charge in [0.1, 0.15) is 6.17 Å². The van der Waals surface area contributed by atoms with E-state index < -0.39 is 0 Å². The van der Waals surface area contributed by atoms with E-state index in [1.54, 1.807) is 12.4 Å². The molecule has 0 saturated carbocycles. The van der Waals surface area contributed by atoms with Crippen LogP contribution in [-0.2, 0) is 0 Å². The fraction of sp³-hybridized carbons (Fsp3) is 0.500. The summed E-state index contributed by atoms with van der Waals surface area (Å²) in [6, 6.07) is 0. The van der Waals surface area contributed by atoms with Crippen LogP contribution < -0.4 is 5.73 Å². The van der Waals surface area contributed by atoms with Crippen molar-refractivity contribution in [1.82, 2.24) is 0 Å². The molecule has 0 saturated heterocycles. The van der Waals surface area contributed by atoms with Crippen molar-refractivity contribution in [3.8, 4) is 0 Å². The Hall–Kier alpha value is -0.700. The highest BCUT2D eigenvalue weighted by Crippen LogP contribution is 1.80. The van der Waals surface area contributed by atoms with Gasteiger partial charge in [0.2, 0.25) is 0 Å². The molecule has 0 aromatic rings. The lowest BCUT2D eigenvalue weighted by molar-refractivity contribution is 0.923. The van der Waals surface area contributed by atoms with Crippen LogP contribution in [0.1, 0.15) is 0 Å². The lowest BCUT2D eigenvalue weighted by atomic mass is 10.5. The molecule has 1 heterocycles. The van der Waals surface area contributed by atoms with Gasteiger partial charge in [-0.1, -0.05) is 0 Å². The summed E-state index contributed by atoms with van der Waals surface area (Å²) >= 11 is 0. The Kier molecular flexibility index (Phi) is 1.17. The molecular formula is C4H7N3. The molecule has 7 heavy (non-hydrogen) atoms. The van der Waals surface area contributed by atoms with Crippen molar-refractivity contribution in [3.63, 3.8) is 0 Å². The first-order valence-corrected chi connectivity index (χ1v) is 2.17. The van der Waals surface area contributed by atoms with E-state index in [-0.39, 0.29) is 6.17 Å². The van der Waals surface area contributed by atoms with Gasteiger partial charge in [-0.25, -0.2) is 0 Å². The highest BCUT2D eigenvalue weighted by atomic mass is 15.0. The van der Waals surface area contributed by atoms with Gasteiger partial charge in [-0.3, -0.25) is 9.98 Å². The monoisotopic (exact) mass is 97.1 g/mol. The summed E-state index contributed by atoms with van der Waals surface area (Å²) in [7, 11) is 0. The van der Waals surface area contributed by atoms with Crippen LogP contribution in [0.25, 0.3) is 0 Å². The Labute approximate surface area is 42.0 Å². The molecule has 3 nitrogen and oxygen atoms in total. The van der Waals surface area contributed by atoms with Crippen molar-refractivity contribution < 1.29 is 0 Å². The van der Waals surface area contributed by atoms with Gasteiger partial charge in [-0.2, -0.15) is 0 Å². The predicted octanol–water partition coefficient (Wildman–Crippen LogP) is -0.574. The van der Waals surface area contributed by atoms with Crippen molar-refractivity contribution in [2.75, 3.05) is 6.54 Å². The Balaban J connectivity index is 2.49. The summed E-state index contributed by atoms with van der Waals surface area (Å²) in [6.07, 6.45) is 3.17. The molecule has 0 aromatic heterocycles. The molecule has 2 N–H and O–H groups in total. The third-order valence-corrected chi connectivity index (χ3v) is 0.723. The van der Waals surface area contributed by atoms with Crippen LogP contribution >= 0.6 is 0 Å². The Morgan fingerprint density at radius 3 is 2.86 bits per heavy atom. The van der Waals surface area contributed by atoms with Crippen LogP contribution in [-0.4, -0.2) is 25.1 Å². The van der Waals surface area contributed by atoms with Crippen LogP contribution in [0.4, 0.5) is 0 Å². The molecule has 1 aliphatic rings. The Morgan fingerprint density at radius 1 is 1.71 bits per heavy atom. The molecular weight excluding hydrogens is 90.1 g/mol. The minimum atomic E-state index is -0.186. The number of rotatable bonds is 0. The average Bonchev–Trinajstić information content (AvgIpc) is 1.69. The lowest BCUT2D eigenvalue weighted by Crippen LogP contribution is -2.21. The molecule has 1 rings (SSSR count). The van der Waals surface area contributed by atoms with Gasteiger partial charge in [-0.05, 0) is 0 Å². The van der Waals surface area contributed by atoms with Gasteiger partial charge in [0.25, 0.3) is 0 Å². The molecule has 1 aliphatic heterocycles. The summed E-state index contributed by atoms with van der Waals surface area (Å²) in [5.41, 5.74) is 5.29. The van der Waals surface area contributed by atoms with E-state index in [9.17, 15) is 0 Å². The minimum absolute atomic E-state index is 0.186. The Bertz CT molecular complexity index is 93.5. The molecule has 3 heteroatoms. The van der Waals surface area contributed by atoms with Crippen LogP contribution in [0.15, 0.2) is 9.98 Å². The third-order valence-electron chi connectivity index (χ3n) is 0.723. The zero-order chi connectivity index (χ0) is 5.11. The summed E-state index contributed by atoms with van der Waals surface area (Å²) in [5, 5.41) is 0. The maximum Gasteiger partial charge on any atom is 0.132 e. The smallest absolute Gasteiger partial charge is 0.132 e. The maximum absolute atomic E-state index is 5.29. The van der Waals surface area contributed by atoms with Crippen LogP contribution in [0.2, 0.25) is 0 Å². The molecule has 0 radical (unpaired) electrons. The fourth-order valence-electron chi connectivity index (χ4n) is 0.423. The molecule has 0 aliphatic carbocycles. The molecule has 1 unspecified atom stereocenters. The van der Waals surface area contributed by atoms with Crippen molar-refractivity contribution >= 4 is 12.4 Å². The Morgan fingerprint density at radius 2 is 2.57 bits per heavy atom. The molecule has 38 valence electrons. The highest BCUT2D eigenvalue weighted by molar-refractivity contribution is 5.74. The molecule has 0 aromatic carbocycles. The summed E-state index contributed by atoms with van der Waals surface area (Å²) in [4.78, 5) is 7.69. The summed E-state index contributed by atoms with van der Waals surface area (Å²) in [5.74, 6) is 0. The third kappa shape index (κ3) is 1.08. The van der Waals surface area contributed by atoms with Crippen molar-refractivity contribution in [2.24, 2.45) is 15.7 Å². The summed E-state index contributed by atoms with van der Waals surface area (Å²) < 4.78 is 0. The number of hydrogen-bond acceptors (Lipinski definition) is 3. The predicted molar refractivity (Wildman–Crippen MR) is 29.8 cm³/mol. The zero-order valence-corrected chi connectivity index (χ0v) is 3.91. The largest absolute Gasteiger partial charge is 0.305 e. The molecule has 0 bridgehead atoms. The van der Waals surface area contributed by atoms with Gasteiger partial charge >= 0.3 is 0 Å². The van der Waals surface area contributed by atoms with Crippen molar-refractivity contribution in [1.29, 1.82) is 0 Å². The van der Waals surface area contributed by atoms with E-state index in [1.165, 1.54) is 0 Å². The standard InChI is InChI=1S/C4H7N3/c5-4-3-6-1-2-7-4/h2-4H,1,5H2. The van der Waals surface area contributed by atoms with Crippen molar-refractivity contribution in [2.45, 2.75) is 6.17 Å². The number of aliphatic imine (C=N–C) groups is 2. The second-order valence-corrected chi connectivity index (χ2v) is 1.34. The van der Waals surface area contributed by atoms with Gasteiger partial charge in [0.05, 0.1) is 6.54 Å². The molecule has 0 spiro atoms. The topological polar surface area (TPSA) is 50.7 Å². The normalized spacial score (nSPS) is 28.4. The molecule has 0 fully saturated rings. The molecule has 1 atom stereocenters. The quantitative estimate of drug-likeness (QED) is 0.432. The SMILES string of the molecule is NC1C=NCC=N1. The zero-order valence-electron chi connectivity index (χ0n) is 3.91. The van der Waals surface area contributed by atoms with Crippen molar-refractivity contribution in [3.05, 3.63) is 0 Å². The van der Waals surface area contributed by atoms with Gasteiger partial charge < -0.3 is 5.73 Å². The minimum Gasteiger partial charge on any atom is -0.305 e. The van der Waals surface area contributed by atoms with E-state index in [1.807, 2.05) is 0 Å². The van der Waals surface area contributed by atoms with E-state index in [4.69, 9.17) is 5.73 Å². The van der Waals surface area contributed by atoms with Crippen LogP contribution in [0, 0.1) is 0 Å². The van der Waals surface area contributed by atoms with Gasteiger partial charge in [0, 0.05) is 12.4 Å². The highest BCUT2D eigenvalue weighted by Gasteiger charge is 1.92. The average molecular weight is 97.1 g/mol. The van der Waals surface area contributed by atoms with Crippen LogP contribution in [0.3, 0.4) is 0 Å². The number of nitrogens with zero attached hydrogens (tertiary/aromatic N) is 2. The second-order valence-electron chi connectivity index (χ2n) is 1.34. The number of hydrogen-bond donors (Lipinski definition) is 1. The second kappa shape index (κ2) is 1.84. The maximum atomic E-state index is 5.29. The van der Waals surface area contributed by atoms with Crippen LogP contribution in [0.5, 0.6) is 0 Å². The van der Waals surface area contributed by atoms with Gasteiger partial charge in [0.15, 0.2) is 0 Å². The van der Waals surface area contributed by atoms with E-state index >= 15 is 0 Å². The number of nitrogens with two attached hydrogens (primary N) is 1. The fourth-order valence-corrected chi connectivity index (χ4v) is 0.423. The van der Waals surface area contributed by atoms with E-state index in [2.05, 4.69) is 9.98 Å². The first-order valence-electron chi connectivity index (χ1n) is 2.17. The van der Waals surface area contributed by atoms with Gasteiger partial charge in [-0.15, -0.1) is 0 Å².